The minimum atomic E-state index is -0.306. The lowest BCUT2D eigenvalue weighted by Gasteiger charge is -2.31. The third-order valence-corrected chi connectivity index (χ3v) is 4.67. The van der Waals surface area contributed by atoms with Crippen molar-refractivity contribution in [3.63, 3.8) is 0 Å². The second-order valence-corrected chi connectivity index (χ2v) is 6.74. The molecule has 1 aliphatic rings. The standard InChI is InChI=1S/C19H20BClO2.2C2H2/c1-12-8-17(22)11-19(23-12)14-4-7-18(21)15(10-14)9-13-2-5-16(20)6-3-13;2*1-2/h2-7,10,12,17,19,22H,8-9,11H2,1H3;2*1-2H/t12-,17+,19-;;/m1../s1. The number of ether oxygens (including phenoxy) is 1. The Morgan fingerprint density at radius 1 is 1.07 bits per heavy atom. The number of rotatable bonds is 3. The molecular weight excluding hydrogens is 355 g/mol. The van der Waals surface area contributed by atoms with E-state index in [0.29, 0.717) is 12.8 Å². The fourth-order valence-corrected chi connectivity index (χ4v) is 3.30. The lowest BCUT2D eigenvalue weighted by atomic mass is 9.92. The highest BCUT2D eigenvalue weighted by molar-refractivity contribution is 6.32. The molecule has 0 spiro atoms. The molecule has 1 heterocycles. The highest BCUT2D eigenvalue weighted by atomic mass is 35.5. The smallest absolute Gasteiger partial charge is 0.113 e. The van der Waals surface area contributed by atoms with Crippen molar-refractivity contribution in [1.29, 1.82) is 0 Å². The predicted molar refractivity (Wildman–Crippen MR) is 114 cm³/mol. The normalized spacial score (nSPS) is 21.1. The average Bonchev–Trinajstić information content (AvgIpc) is 2.68. The molecule has 27 heavy (non-hydrogen) atoms. The molecule has 1 N–H and O–H groups in total. The molecule has 0 amide bonds. The summed E-state index contributed by atoms with van der Waals surface area (Å²) in [5, 5.41) is 10.7. The molecule has 1 fully saturated rings. The maximum atomic E-state index is 9.98. The first kappa shape index (κ1) is 22.9. The third-order valence-electron chi connectivity index (χ3n) is 4.30. The number of aliphatic hydroxyl groups is 1. The van der Waals surface area contributed by atoms with Gasteiger partial charge in [-0.2, -0.15) is 0 Å². The zero-order valence-electron chi connectivity index (χ0n) is 15.5. The number of hydrogen-bond acceptors (Lipinski definition) is 2. The van der Waals surface area contributed by atoms with Crippen molar-refractivity contribution in [3.8, 4) is 25.7 Å². The van der Waals surface area contributed by atoms with Crippen molar-refractivity contribution >= 4 is 24.9 Å². The number of halogens is 1. The van der Waals surface area contributed by atoms with Crippen LogP contribution in [-0.4, -0.2) is 25.2 Å². The average molecular weight is 379 g/mol. The summed E-state index contributed by atoms with van der Waals surface area (Å²) in [4.78, 5) is 0. The Morgan fingerprint density at radius 3 is 2.30 bits per heavy atom. The molecule has 2 nitrogen and oxygen atoms in total. The zero-order chi connectivity index (χ0) is 20.4. The van der Waals surface area contributed by atoms with Gasteiger partial charge in [-0.25, -0.2) is 0 Å². The molecule has 4 heteroatoms. The van der Waals surface area contributed by atoms with E-state index >= 15 is 0 Å². The molecular formula is C23H24BClO2. The predicted octanol–water partition coefficient (Wildman–Crippen LogP) is 3.82. The Hall–Kier alpha value is -2.17. The summed E-state index contributed by atoms with van der Waals surface area (Å²) < 4.78 is 5.98. The first-order valence-electron chi connectivity index (χ1n) is 8.64. The Morgan fingerprint density at radius 2 is 1.70 bits per heavy atom. The Bertz CT molecular complexity index is 736. The molecule has 0 bridgehead atoms. The lowest BCUT2D eigenvalue weighted by Crippen LogP contribution is -2.29. The molecule has 0 aromatic heterocycles. The van der Waals surface area contributed by atoms with Crippen molar-refractivity contribution in [1.82, 2.24) is 0 Å². The van der Waals surface area contributed by atoms with Gasteiger partial charge >= 0.3 is 0 Å². The molecule has 0 saturated carbocycles. The highest BCUT2D eigenvalue weighted by Crippen LogP contribution is 2.33. The summed E-state index contributed by atoms with van der Waals surface area (Å²) in [6.45, 7) is 2.00. The van der Waals surface area contributed by atoms with E-state index in [0.717, 1.165) is 33.6 Å². The van der Waals surface area contributed by atoms with E-state index in [4.69, 9.17) is 24.2 Å². The molecule has 3 rings (SSSR count). The van der Waals surface area contributed by atoms with Gasteiger partial charge in [0.05, 0.1) is 18.3 Å². The minimum Gasteiger partial charge on any atom is -0.393 e. The Labute approximate surface area is 169 Å². The maximum Gasteiger partial charge on any atom is 0.113 e. The summed E-state index contributed by atoms with van der Waals surface area (Å²) in [6, 6.07) is 13.8. The van der Waals surface area contributed by atoms with Crippen LogP contribution in [0.5, 0.6) is 0 Å². The minimum absolute atomic E-state index is 0.0694. The van der Waals surface area contributed by atoms with Crippen molar-refractivity contribution in [3.05, 3.63) is 64.2 Å². The summed E-state index contributed by atoms with van der Waals surface area (Å²) in [6.07, 6.45) is 17.8. The van der Waals surface area contributed by atoms with Crippen LogP contribution in [0.4, 0.5) is 0 Å². The first-order valence-corrected chi connectivity index (χ1v) is 9.02. The SMILES string of the molecule is C#C.C#C.[B]c1ccc(Cc2cc([C@H]3C[C@@H](O)C[C@@H](C)O3)ccc2Cl)cc1. The monoisotopic (exact) mass is 378 g/mol. The molecule has 2 aromatic rings. The van der Waals surface area contributed by atoms with Crippen molar-refractivity contribution in [2.45, 2.75) is 44.5 Å². The van der Waals surface area contributed by atoms with E-state index in [9.17, 15) is 5.11 Å². The highest BCUT2D eigenvalue weighted by Gasteiger charge is 2.27. The first-order chi connectivity index (χ1) is 13.0. The zero-order valence-corrected chi connectivity index (χ0v) is 16.3. The van der Waals surface area contributed by atoms with Gasteiger partial charge in [-0.15, -0.1) is 25.7 Å². The second kappa shape index (κ2) is 11.5. The van der Waals surface area contributed by atoms with E-state index in [1.165, 1.54) is 0 Å². The van der Waals surface area contributed by atoms with E-state index < -0.39 is 0 Å². The van der Waals surface area contributed by atoms with E-state index in [1.54, 1.807) is 0 Å². The van der Waals surface area contributed by atoms with Gasteiger partial charge in [0.25, 0.3) is 0 Å². The lowest BCUT2D eigenvalue weighted by molar-refractivity contribution is -0.0895. The quantitative estimate of drug-likeness (QED) is 0.650. The van der Waals surface area contributed by atoms with Gasteiger partial charge < -0.3 is 9.84 Å². The van der Waals surface area contributed by atoms with Gasteiger partial charge in [0.1, 0.15) is 7.85 Å². The van der Waals surface area contributed by atoms with Crippen molar-refractivity contribution in [2.24, 2.45) is 0 Å². The largest absolute Gasteiger partial charge is 0.393 e. The molecule has 1 saturated heterocycles. The fourth-order valence-electron chi connectivity index (χ4n) is 3.12. The number of terminal acetylenes is 2. The topological polar surface area (TPSA) is 29.5 Å². The van der Waals surface area contributed by atoms with Gasteiger partial charge in [-0.3, -0.25) is 0 Å². The Balaban J connectivity index is 0.000000855. The fraction of sp³-hybridized carbons (Fsp3) is 0.304. The van der Waals surface area contributed by atoms with E-state index in [-0.39, 0.29) is 18.3 Å². The third kappa shape index (κ3) is 6.81. The molecule has 1 aliphatic heterocycles. The molecule has 2 radical (unpaired) electrons. The maximum absolute atomic E-state index is 9.98. The summed E-state index contributed by atoms with van der Waals surface area (Å²) in [5.74, 6) is 0. The van der Waals surface area contributed by atoms with Crippen molar-refractivity contribution in [2.75, 3.05) is 0 Å². The van der Waals surface area contributed by atoms with Crippen LogP contribution in [0.25, 0.3) is 0 Å². The Kier molecular flexibility index (Phi) is 9.77. The van der Waals surface area contributed by atoms with E-state index in [1.807, 2.05) is 43.3 Å². The van der Waals surface area contributed by atoms with Gasteiger partial charge in [0.15, 0.2) is 0 Å². The van der Waals surface area contributed by atoms with Crippen LogP contribution in [0.1, 0.15) is 42.6 Å². The summed E-state index contributed by atoms with van der Waals surface area (Å²) in [5.41, 5.74) is 4.05. The van der Waals surface area contributed by atoms with Gasteiger partial charge in [-0.1, -0.05) is 53.5 Å². The molecule has 0 aliphatic carbocycles. The summed E-state index contributed by atoms with van der Waals surface area (Å²) in [7, 11) is 5.73. The summed E-state index contributed by atoms with van der Waals surface area (Å²) >= 11 is 6.36. The number of benzene rings is 2. The van der Waals surface area contributed by atoms with Crippen LogP contribution < -0.4 is 5.46 Å². The van der Waals surface area contributed by atoms with Crippen LogP contribution in [-0.2, 0) is 11.2 Å². The number of aliphatic hydroxyl groups excluding tert-OH is 1. The molecule has 138 valence electrons. The van der Waals surface area contributed by atoms with Crippen molar-refractivity contribution < 1.29 is 9.84 Å². The van der Waals surface area contributed by atoms with Crippen LogP contribution in [0.2, 0.25) is 5.02 Å². The van der Waals surface area contributed by atoms with Gasteiger partial charge in [-0.05, 0) is 42.5 Å². The molecule has 3 atom stereocenters. The molecule has 2 aromatic carbocycles. The van der Waals surface area contributed by atoms with Crippen LogP contribution in [0.3, 0.4) is 0 Å². The van der Waals surface area contributed by atoms with Crippen LogP contribution >= 0.6 is 11.6 Å². The van der Waals surface area contributed by atoms with Gasteiger partial charge in [0, 0.05) is 11.4 Å². The van der Waals surface area contributed by atoms with E-state index in [2.05, 4.69) is 31.8 Å². The van der Waals surface area contributed by atoms with Gasteiger partial charge in [0.2, 0.25) is 0 Å². The van der Waals surface area contributed by atoms with Crippen LogP contribution in [0, 0.1) is 25.7 Å². The second-order valence-electron chi connectivity index (χ2n) is 6.33. The molecule has 0 unspecified atom stereocenters. The van der Waals surface area contributed by atoms with Crippen LogP contribution in [0.15, 0.2) is 42.5 Å². The number of hydrogen-bond donors (Lipinski definition) is 1.